The number of thiazole rings is 1. The molecule has 0 bridgehead atoms. The second-order valence-corrected chi connectivity index (χ2v) is 7.78. The van der Waals surface area contributed by atoms with Crippen LogP contribution in [0.1, 0.15) is 38.3 Å². The number of anilines is 1. The van der Waals surface area contributed by atoms with Crippen LogP contribution in [0.3, 0.4) is 0 Å². The zero-order chi connectivity index (χ0) is 15.4. The van der Waals surface area contributed by atoms with Crippen LogP contribution in [-0.2, 0) is 6.54 Å². The van der Waals surface area contributed by atoms with Crippen molar-refractivity contribution in [1.29, 1.82) is 0 Å². The summed E-state index contributed by atoms with van der Waals surface area (Å²) in [5.74, 6) is 0.757. The molecule has 1 N–H and O–H groups in total. The van der Waals surface area contributed by atoms with Crippen LogP contribution in [-0.4, -0.2) is 48.6 Å². The molecule has 1 fully saturated rings. The van der Waals surface area contributed by atoms with Gasteiger partial charge in [-0.05, 0) is 12.8 Å². The van der Waals surface area contributed by atoms with Crippen molar-refractivity contribution in [2.45, 2.75) is 47.2 Å². The Balaban J connectivity index is 1.90. The van der Waals surface area contributed by atoms with E-state index in [0.29, 0.717) is 6.04 Å². The quantitative estimate of drug-likeness (QED) is 0.875. The number of nitrogens with one attached hydrogen (secondary N) is 1. The van der Waals surface area contributed by atoms with Crippen molar-refractivity contribution in [3.63, 3.8) is 0 Å². The lowest BCUT2D eigenvalue weighted by molar-refractivity contribution is 0.231. The Kier molecular flexibility index (Phi) is 6.02. The van der Waals surface area contributed by atoms with E-state index in [1.165, 1.54) is 22.2 Å². The summed E-state index contributed by atoms with van der Waals surface area (Å²) in [7, 11) is 0. The topological polar surface area (TPSA) is 31.4 Å². The minimum Gasteiger partial charge on any atom is -0.346 e. The Morgan fingerprint density at radius 1 is 1.14 bits per heavy atom. The van der Waals surface area contributed by atoms with Crippen LogP contribution < -0.4 is 10.2 Å². The highest BCUT2D eigenvalue weighted by atomic mass is 32.1. The molecule has 4 nitrogen and oxygen atoms in total. The first-order chi connectivity index (χ1) is 9.95. The fourth-order valence-corrected chi connectivity index (χ4v) is 3.71. The van der Waals surface area contributed by atoms with E-state index < -0.39 is 0 Å². The van der Waals surface area contributed by atoms with Crippen molar-refractivity contribution >= 4 is 16.5 Å². The molecular weight excluding hydrogens is 280 g/mol. The van der Waals surface area contributed by atoms with Gasteiger partial charge in [-0.1, -0.05) is 27.7 Å². The van der Waals surface area contributed by atoms with Crippen molar-refractivity contribution in [1.82, 2.24) is 15.2 Å². The van der Waals surface area contributed by atoms with E-state index in [2.05, 4.69) is 49.7 Å². The second-order valence-electron chi connectivity index (χ2n) is 6.72. The Labute approximate surface area is 133 Å². The Bertz CT molecular complexity index is 433. The molecule has 1 saturated heterocycles. The molecule has 0 amide bonds. The largest absolute Gasteiger partial charge is 0.346 e. The minimum atomic E-state index is 0.523. The lowest BCUT2D eigenvalue weighted by atomic mass is 10.2. The zero-order valence-corrected chi connectivity index (χ0v) is 15.0. The first-order valence-electron chi connectivity index (χ1n) is 8.12. The van der Waals surface area contributed by atoms with Crippen molar-refractivity contribution < 1.29 is 0 Å². The van der Waals surface area contributed by atoms with Crippen molar-refractivity contribution in [2.24, 2.45) is 5.92 Å². The predicted molar refractivity (Wildman–Crippen MR) is 92.3 cm³/mol. The highest BCUT2D eigenvalue weighted by Crippen LogP contribution is 2.27. The molecule has 0 aromatic carbocycles. The van der Waals surface area contributed by atoms with Gasteiger partial charge in [0.25, 0.3) is 0 Å². The predicted octanol–water partition coefficient (Wildman–Crippen LogP) is 2.73. The fourth-order valence-electron chi connectivity index (χ4n) is 2.65. The Morgan fingerprint density at radius 3 is 2.38 bits per heavy atom. The SMILES string of the molecule is Cc1nc(N2CCN(CC(C)C)CC2)sc1CNC(C)C. The van der Waals surface area contributed by atoms with Crippen LogP contribution in [0.4, 0.5) is 5.13 Å². The van der Waals surface area contributed by atoms with Crippen molar-refractivity contribution in [2.75, 3.05) is 37.6 Å². The van der Waals surface area contributed by atoms with E-state index >= 15 is 0 Å². The van der Waals surface area contributed by atoms with E-state index in [-0.39, 0.29) is 0 Å². The van der Waals surface area contributed by atoms with Crippen LogP contribution in [0, 0.1) is 12.8 Å². The first kappa shape index (κ1) is 16.7. The lowest BCUT2D eigenvalue weighted by Crippen LogP contribution is -2.47. The van der Waals surface area contributed by atoms with Crippen LogP contribution in [0.15, 0.2) is 0 Å². The van der Waals surface area contributed by atoms with Gasteiger partial charge < -0.3 is 10.2 Å². The Morgan fingerprint density at radius 2 is 1.81 bits per heavy atom. The van der Waals surface area contributed by atoms with Crippen molar-refractivity contribution in [3.05, 3.63) is 10.6 Å². The molecule has 1 aromatic rings. The summed E-state index contributed by atoms with van der Waals surface area (Å²) in [4.78, 5) is 11.2. The molecule has 120 valence electrons. The maximum absolute atomic E-state index is 4.78. The van der Waals surface area contributed by atoms with Gasteiger partial charge in [0, 0.05) is 50.2 Å². The smallest absolute Gasteiger partial charge is 0.185 e. The molecule has 1 aliphatic heterocycles. The summed E-state index contributed by atoms with van der Waals surface area (Å²) in [6, 6.07) is 0.523. The summed E-state index contributed by atoms with van der Waals surface area (Å²) < 4.78 is 0. The third kappa shape index (κ3) is 4.94. The minimum absolute atomic E-state index is 0.523. The molecular formula is C16H30N4S. The fraction of sp³-hybridized carbons (Fsp3) is 0.812. The van der Waals surface area contributed by atoms with E-state index in [1.54, 1.807) is 0 Å². The maximum atomic E-state index is 4.78. The first-order valence-corrected chi connectivity index (χ1v) is 8.94. The van der Waals surface area contributed by atoms with Crippen LogP contribution in [0.25, 0.3) is 0 Å². The summed E-state index contributed by atoms with van der Waals surface area (Å²) >= 11 is 1.86. The van der Waals surface area contributed by atoms with Gasteiger partial charge in [0.15, 0.2) is 5.13 Å². The molecule has 0 radical (unpaired) electrons. The molecule has 5 heteroatoms. The Hall–Kier alpha value is -0.650. The molecule has 0 unspecified atom stereocenters. The molecule has 0 saturated carbocycles. The number of nitrogens with zero attached hydrogens (tertiary/aromatic N) is 3. The molecule has 2 heterocycles. The molecule has 0 atom stereocenters. The highest BCUT2D eigenvalue weighted by Gasteiger charge is 2.20. The lowest BCUT2D eigenvalue weighted by Gasteiger charge is -2.35. The third-order valence-corrected chi connectivity index (χ3v) is 5.04. The molecule has 21 heavy (non-hydrogen) atoms. The maximum Gasteiger partial charge on any atom is 0.185 e. The molecule has 1 aromatic heterocycles. The summed E-state index contributed by atoms with van der Waals surface area (Å²) in [6.45, 7) is 17.8. The van der Waals surface area contributed by atoms with Crippen LogP contribution in [0.2, 0.25) is 0 Å². The van der Waals surface area contributed by atoms with Gasteiger partial charge in [-0.3, -0.25) is 4.90 Å². The van der Waals surface area contributed by atoms with Crippen LogP contribution in [0.5, 0.6) is 0 Å². The third-order valence-electron chi connectivity index (χ3n) is 3.82. The number of aryl methyl sites for hydroxylation is 1. The van der Waals surface area contributed by atoms with Gasteiger partial charge in [-0.25, -0.2) is 4.98 Å². The van der Waals surface area contributed by atoms with E-state index in [1.807, 2.05) is 11.3 Å². The molecule has 2 rings (SSSR count). The van der Waals surface area contributed by atoms with Gasteiger partial charge in [-0.15, -0.1) is 11.3 Å². The monoisotopic (exact) mass is 310 g/mol. The van der Waals surface area contributed by atoms with E-state index in [4.69, 9.17) is 4.98 Å². The average molecular weight is 311 g/mol. The van der Waals surface area contributed by atoms with Gasteiger partial charge in [0.2, 0.25) is 0 Å². The van der Waals surface area contributed by atoms with E-state index in [9.17, 15) is 0 Å². The number of piperazine rings is 1. The van der Waals surface area contributed by atoms with Crippen LogP contribution >= 0.6 is 11.3 Å². The zero-order valence-electron chi connectivity index (χ0n) is 14.1. The standard InChI is InChI=1S/C16H30N4S/c1-12(2)11-19-6-8-20(9-7-19)16-18-14(5)15(21-16)10-17-13(3)4/h12-13,17H,6-11H2,1-5H3. The summed E-state index contributed by atoms with van der Waals surface area (Å²) in [5.41, 5.74) is 1.19. The number of hydrogen-bond acceptors (Lipinski definition) is 5. The van der Waals surface area contributed by atoms with E-state index in [0.717, 1.165) is 38.6 Å². The number of hydrogen-bond donors (Lipinski definition) is 1. The van der Waals surface area contributed by atoms with Gasteiger partial charge in [-0.2, -0.15) is 0 Å². The summed E-state index contributed by atoms with van der Waals surface area (Å²) in [5, 5.41) is 4.70. The number of aromatic nitrogens is 1. The van der Waals surface area contributed by atoms with Crippen molar-refractivity contribution in [3.8, 4) is 0 Å². The number of rotatable bonds is 6. The van der Waals surface area contributed by atoms with Gasteiger partial charge in [0.1, 0.15) is 0 Å². The summed E-state index contributed by atoms with van der Waals surface area (Å²) in [6.07, 6.45) is 0. The van der Waals surface area contributed by atoms with Gasteiger partial charge in [0.05, 0.1) is 5.69 Å². The molecule has 1 aliphatic rings. The normalized spacial score (nSPS) is 17.2. The van der Waals surface area contributed by atoms with Gasteiger partial charge >= 0.3 is 0 Å². The average Bonchev–Trinajstić information content (AvgIpc) is 2.78. The molecule has 0 spiro atoms. The highest BCUT2D eigenvalue weighted by molar-refractivity contribution is 7.15. The second kappa shape index (κ2) is 7.56. The molecule has 0 aliphatic carbocycles.